The van der Waals surface area contributed by atoms with Crippen molar-refractivity contribution >= 4 is 21.6 Å². The number of methoxy groups -OCH3 is 1. The van der Waals surface area contributed by atoms with Gasteiger partial charge < -0.3 is 15.4 Å². The molecule has 0 aliphatic carbocycles. The van der Waals surface area contributed by atoms with Gasteiger partial charge in [-0.3, -0.25) is 0 Å². The molecular weight excluding hydrogens is 316 g/mol. The lowest BCUT2D eigenvalue weighted by atomic mass is 10.1. The normalized spacial score (nSPS) is 12.8. The largest absolute Gasteiger partial charge is 0.383 e. The van der Waals surface area contributed by atoms with Gasteiger partial charge in [-0.25, -0.2) is 0 Å². The van der Waals surface area contributed by atoms with E-state index in [0.29, 0.717) is 6.04 Å². The molecule has 1 aromatic carbocycles. The summed E-state index contributed by atoms with van der Waals surface area (Å²) in [6.07, 6.45) is 2.25. The van der Waals surface area contributed by atoms with Crippen LogP contribution < -0.4 is 10.6 Å². The van der Waals surface area contributed by atoms with Crippen LogP contribution in [0.4, 0.5) is 5.69 Å². The number of nitrogens with two attached hydrogens (primary N) is 1. The third kappa shape index (κ3) is 4.47. The first-order valence-electron chi connectivity index (χ1n) is 7.35. The summed E-state index contributed by atoms with van der Waals surface area (Å²) in [4.78, 5) is 2.43. The van der Waals surface area contributed by atoms with Crippen molar-refractivity contribution in [2.24, 2.45) is 5.73 Å². The summed E-state index contributed by atoms with van der Waals surface area (Å²) in [5.41, 5.74) is 8.32. The molecule has 1 atom stereocenters. The fraction of sp³-hybridized carbons (Fsp3) is 0.625. The summed E-state index contributed by atoms with van der Waals surface area (Å²) in [6.45, 7) is 8.11. The number of anilines is 1. The average Bonchev–Trinajstić information content (AvgIpc) is 2.43. The van der Waals surface area contributed by atoms with Gasteiger partial charge in [-0.1, -0.05) is 19.9 Å². The van der Waals surface area contributed by atoms with E-state index in [1.165, 1.54) is 5.69 Å². The zero-order chi connectivity index (χ0) is 15.1. The summed E-state index contributed by atoms with van der Waals surface area (Å²) >= 11 is 3.70. The van der Waals surface area contributed by atoms with Gasteiger partial charge in [0.2, 0.25) is 0 Å². The summed E-state index contributed by atoms with van der Waals surface area (Å²) in [7, 11) is 1.75. The lowest BCUT2D eigenvalue weighted by molar-refractivity contribution is 0.202. The van der Waals surface area contributed by atoms with E-state index in [0.717, 1.165) is 36.0 Å². The quantitative estimate of drug-likeness (QED) is 0.772. The Morgan fingerprint density at radius 3 is 2.40 bits per heavy atom. The molecule has 0 bridgehead atoms. The smallest absolute Gasteiger partial charge is 0.0637 e. The Morgan fingerprint density at radius 2 is 1.95 bits per heavy atom. The van der Waals surface area contributed by atoms with Crippen molar-refractivity contribution in [1.82, 2.24) is 0 Å². The lowest BCUT2D eigenvalue weighted by Gasteiger charge is -2.33. The highest BCUT2D eigenvalue weighted by molar-refractivity contribution is 9.10. The van der Waals surface area contributed by atoms with Crippen LogP contribution in [0.3, 0.4) is 0 Å². The van der Waals surface area contributed by atoms with E-state index >= 15 is 0 Å². The van der Waals surface area contributed by atoms with Crippen LogP contribution in [0.25, 0.3) is 0 Å². The Balaban J connectivity index is 3.06. The van der Waals surface area contributed by atoms with Gasteiger partial charge in [0.25, 0.3) is 0 Å². The molecule has 0 spiro atoms. The zero-order valence-corrected chi connectivity index (χ0v) is 14.6. The Bertz CT molecular complexity index is 405. The van der Waals surface area contributed by atoms with Crippen molar-refractivity contribution in [3.8, 4) is 0 Å². The maximum Gasteiger partial charge on any atom is 0.0637 e. The number of ether oxygens (including phenoxy) is 1. The summed E-state index contributed by atoms with van der Waals surface area (Å²) < 4.78 is 6.36. The number of rotatable bonds is 8. The monoisotopic (exact) mass is 342 g/mol. The Labute approximate surface area is 131 Å². The van der Waals surface area contributed by atoms with Gasteiger partial charge in [0.1, 0.15) is 0 Å². The third-order valence-corrected chi connectivity index (χ3v) is 4.36. The molecule has 0 aliphatic rings. The molecule has 0 aliphatic heterocycles. The zero-order valence-electron chi connectivity index (χ0n) is 13.0. The fourth-order valence-electron chi connectivity index (χ4n) is 2.46. The SMILES string of the molecule is CCC(CC)N(CCOC)c1ccc([C@@H](C)N)cc1Br. The molecule has 3 nitrogen and oxygen atoms in total. The van der Waals surface area contributed by atoms with Crippen molar-refractivity contribution in [2.45, 2.75) is 45.7 Å². The van der Waals surface area contributed by atoms with Gasteiger partial charge in [0, 0.05) is 30.2 Å². The first-order valence-corrected chi connectivity index (χ1v) is 8.15. The number of hydrogen-bond donors (Lipinski definition) is 1. The molecule has 114 valence electrons. The molecular formula is C16H27BrN2O. The Hall–Kier alpha value is -0.580. The van der Waals surface area contributed by atoms with E-state index < -0.39 is 0 Å². The van der Waals surface area contributed by atoms with Crippen molar-refractivity contribution in [3.05, 3.63) is 28.2 Å². The molecule has 0 radical (unpaired) electrons. The Kier molecular flexibility index (Phi) is 7.56. The second kappa shape index (κ2) is 8.65. The Morgan fingerprint density at radius 1 is 1.30 bits per heavy atom. The minimum atomic E-state index is 0.0564. The van der Waals surface area contributed by atoms with Crippen LogP contribution >= 0.6 is 15.9 Å². The van der Waals surface area contributed by atoms with Gasteiger partial charge in [-0.15, -0.1) is 0 Å². The first kappa shape index (κ1) is 17.5. The van der Waals surface area contributed by atoms with E-state index in [9.17, 15) is 0 Å². The van der Waals surface area contributed by atoms with E-state index in [4.69, 9.17) is 10.5 Å². The summed E-state index contributed by atoms with van der Waals surface area (Å²) in [5.74, 6) is 0. The molecule has 0 heterocycles. The molecule has 0 aromatic heterocycles. The molecule has 20 heavy (non-hydrogen) atoms. The number of benzene rings is 1. The van der Waals surface area contributed by atoms with Crippen LogP contribution in [0, 0.1) is 0 Å². The van der Waals surface area contributed by atoms with Gasteiger partial charge >= 0.3 is 0 Å². The third-order valence-electron chi connectivity index (χ3n) is 3.73. The van der Waals surface area contributed by atoms with Crippen LogP contribution in [0.5, 0.6) is 0 Å². The van der Waals surface area contributed by atoms with Gasteiger partial charge in [0.15, 0.2) is 0 Å². The molecule has 2 N–H and O–H groups in total. The number of nitrogens with zero attached hydrogens (tertiary/aromatic N) is 1. The molecule has 4 heteroatoms. The highest BCUT2D eigenvalue weighted by Gasteiger charge is 2.18. The van der Waals surface area contributed by atoms with Crippen LogP contribution in [-0.2, 0) is 4.74 Å². The lowest BCUT2D eigenvalue weighted by Crippen LogP contribution is -2.37. The van der Waals surface area contributed by atoms with Gasteiger partial charge in [-0.2, -0.15) is 0 Å². The maximum absolute atomic E-state index is 5.95. The maximum atomic E-state index is 5.95. The van der Waals surface area contributed by atoms with E-state index in [1.807, 2.05) is 6.92 Å². The molecule has 0 saturated carbocycles. The van der Waals surface area contributed by atoms with E-state index in [-0.39, 0.29) is 6.04 Å². The van der Waals surface area contributed by atoms with Crippen LogP contribution in [0.1, 0.15) is 45.2 Å². The van der Waals surface area contributed by atoms with Crippen molar-refractivity contribution < 1.29 is 4.74 Å². The van der Waals surface area contributed by atoms with Gasteiger partial charge in [-0.05, 0) is 53.4 Å². The van der Waals surface area contributed by atoms with Crippen LogP contribution in [0.2, 0.25) is 0 Å². The van der Waals surface area contributed by atoms with E-state index in [2.05, 4.69) is 52.9 Å². The molecule has 1 rings (SSSR count). The molecule has 0 fully saturated rings. The molecule has 0 amide bonds. The molecule has 0 unspecified atom stereocenters. The topological polar surface area (TPSA) is 38.5 Å². The van der Waals surface area contributed by atoms with Crippen LogP contribution in [0.15, 0.2) is 22.7 Å². The van der Waals surface area contributed by atoms with E-state index in [1.54, 1.807) is 7.11 Å². The number of halogens is 1. The summed E-state index contributed by atoms with van der Waals surface area (Å²) in [5, 5.41) is 0. The van der Waals surface area contributed by atoms with Gasteiger partial charge in [0.05, 0.1) is 12.3 Å². The summed E-state index contributed by atoms with van der Waals surface area (Å²) in [6, 6.07) is 7.00. The minimum Gasteiger partial charge on any atom is -0.383 e. The van der Waals surface area contributed by atoms with Crippen molar-refractivity contribution in [2.75, 3.05) is 25.2 Å². The van der Waals surface area contributed by atoms with Crippen LogP contribution in [-0.4, -0.2) is 26.3 Å². The minimum absolute atomic E-state index is 0.0564. The second-order valence-electron chi connectivity index (χ2n) is 5.16. The average molecular weight is 343 g/mol. The molecule has 0 saturated heterocycles. The highest BCUT2D eigenvalue weighted by atomic mass is 79.9. The second-order valence-corrected chi connectivity index (χ2v) is 6.01. The molecule has 1 aromatic rings. The highest BCUT2D eigenvalue weighted by Crippen LogP contribution is 2.31. The number of hydrogen-bond acceptors (Lipinski definition) is 3. The van der Waals surface area contributed by atoms with Crippen molar-refractivity contribution in [3.63, 3.8) is 0 Å². The standard InChI is InChI=1S/C16H27BrN2O/c1-5-14(6-2)19(9-10-20-4)16-8-7-13(12(3)18)11-15(16)17/h7-8,11-12,14H,5-6,9-10,18H2,1-4H3/t12-/m1/s1. The first-order chi connectivity index (χ1) is 9.54. The predicted octanol–water partition coefficient (Wildman–Crippen LogP) is 4.11. The van der Waals surface area contributed by atoms with Crippen molar-refractivity contribution in [1.29, 1.82) is 0 Å². The predicted molar refractivity (Wildman–Crippen MR) is 90.3 cm³/mol. The fourth-order valence-corrected chi connectivity index (χ4v) is 3.08.